The zero-order valence-corrected chi connectivity index (χ0v) is 11.5. The van der Waals surface area contributed by atoms with Gasteiger partial charge >= 0.3 is 0 Å². The van der Waals surface area contributed by atoms with E-state index in [0.29, 0.717) is 13.0 Å². The Morgan fingerprint density at radius 1 is 1.41 bits per heavy atom. The lowest BCUT2D eigenvalue weighted by Crippen LogP contribution is -2.24. The number of rotatable bonds is 5. The summed E-state index contributed by atoms with van der Waals surface area (Å²) in [6.07, 6.45) is 0.650. The highest BCUT2D eigenvalue weighted by Crippen LogP contribution is 2.25. The molecule has 0 amide bonds. The molecule has 0 spiro atoms. The Labute approximate surface area is 110 Å². The first kappa shape index (κ1) is 14.7. The molecule has 3 nitrogen and oxygen atoms in total. The first-order chi connectivity index (χ1) is 7.92. The lowest BCUT2D eigenvalue weighted by atomic mass is 10.2. The maximum absolute atomic E-state index is 13.4. The molecule has 0 aliphatic heterocycles. The van der Waals surface area contributed by atoms with Crippen LogP contribution in [0.3, 0.4) is 0 Å². The fourth-order valence-electron chi connectivity index (χ4n) is 1.19. The van der Waals surface area contributed by atoms with Crippen LogP contribution in [0, 0.1) is 5.82 Å². The molecule has 0 aliphatic carbocycles. The standard InChI is InChI=1S/C10H12Cl2FNO2S/c1-2-3-14-17(15,16)8-4-7(6-11)10(12)9(13)5-8/h4-5,14H,2-3,6H2,1H3. The number of sulfonamides is 1. The quantitative estimate of drug-likeness (QED) is 0.850. The van der Waals surface area contributed by atoms with Gasteiger partial charge in [-0.1, -0.05) is 18.5 Å². The molecule has 0 saturated carbocycles. The molecule has 0 atom stereocenters. The van der Waals surface area contributed by atoms with E-state index in [0.717, 1.165) is 6.07 Å². The molecular weight excluding hydrogens is 288 g/mol. The lowest BCUT2D eigenvalue weighted by molar-refractivity contribution is 0.576. The van der Waals surface area contributed by atoms with Gasteiger partial charge in [0.15, 0.2) is 0 Å². The fraction of sp³-hybridized carbons (Fsp3) is 0.400. The Morgan fingerprint density at radius 3 is 2.59 bits per heavy atom. The SMILES string of the molecule is CCCNS(=O)(=O)c1cc(F)c(Cl)c(CCl)c1. The van der Waals surface area contributed by atoms with Crippen molar-refractivity contribution in [3.8, 4) is 0 Å². The minimum Gasteiger partial charge on any atom is -0.211 e. The maximum atomic E-state index is 13.4. The van der Waals surface area contributed by atoms with Gasteiger partial charge in [-0.2, -0.15) is 0 Å². The minimum absolute atomic E-state index is 0.0487. The van der Waals surface area contributed by atoms with Crippen LogP contribution < -0.4 is 4.72 Å². The predicted octanol–water partition coefficient (Wildman–Crippen LogP) is 2.91. The summed E-state index contributed by atoms with van der Waals surface area (Å²) in [5, 5.41) is -0.144. The molecule has 96 valence electrons. The molecule has 1 aromatic carbocycles. The first-order valence-electron chi connectivity index (χ1n) is 4.96. The molecule has 0 bridgehead atoms. The third-order valence-electron chi connectivity index (χ3n) is 2.07. The van der Waals surface area contributed by atoms with Crippen LogP contribution in [0.1, 0.15) is 18.9 Å². The summed E-state index contributed by atoms with van der Waals surface area (Å²) >= 11 is 11.2. The minimum atomic E-state index is -3.70. The number of alkyl halides is 1. The number of nitrogens with one attached hydrogen (secondary N) is 1. The molecule has 0 saturated heterocycles. The second kappa shape index (κ2) is 6.00. The summed E-state index contributed by atoms with van der Waals surface area (Å²) in [5.41, 5.74) is 0.255. The topological polar surface area (TPSA) is 46.2 Å². The second-order valence-electron chi connectivity index (χ2n) is 3.41. The van der Waals surface area contributed by atoms with E-state index in [1.54, 1.807) is 0 Å². The molecule has 0 unspecified atom stereocenters. The van der Waals surface area contributed by atoms with Gasteiger partial charge in [-0.3, -0.25) is 0 Å². The largest absolute Gasteiger partial charge is 0.240 e. The van der Waals surface area contributed by atoms with Gasteiger partial charge < -0.3 is 0 Å². The molecule has 0 radical (unpaired) electrons. The number of benzene rings is 1. The van der Waals surface area contributed by atoms with Crippen molar-refractivity contribution in [2.45, 2.75) is 24.1 Å². The molecule has 0 aromatic heterocycles. The van der Waals surface area contributed by atoms with Gasteiger partial charge in [0, 0.05) is 12.4 Å². The van der Waals surface area contributed by atoms with Crippen LogP contribution in [0.15, 0.2) is 17.0 Å². The fourth-order valence-corrected chi connectivity index (χ4v) is 2.84. The number of halogens is 3. The van der Waals surface area contributed by atoms with Gasteiger partial charge in [0.1, 0.15) is 5.82 Å². The zero-order chi connectivity index (χ0) is 13.1. The van der Waals surface area contributed by atoms with E-state index in [1.807, 2.05) is 6.92 Å². The van der Waals surface area contributed by atoms with E-state index in [1.165, 1.54) is 6.07 Å². The monoisotopic (exact) mass is 299 g/mol. The molecule has 0 heterocycles. The van der Waals surface area contributed by atoms with Crippen molar-refractivity contribution >= 4 is 33.2 Å². The predicted molar refractivity (Wildman–Crippen MR) is 66.4 cm³/mol. The molecule has 17 heavy (non-hydrogen) atoms. The van der Waals surface area contributed by atoms with Crippen molar-refractivity contribution < 1.29 is 12.8 Å². The van der Waals surface area contributed by atoms with E-state index < -0.39 is 15.8 Å². The number of hydrogen-bond acceptors (Lipinski definition) is 2. The van der Waals surface area contributed by atoms with Crippen LogP contribution in [0.25, 0.3) is 0 Å². The van der Waals surface area contributed by atoms with Crippen molar-refractivity contribution in [2.75, 3.05) is 6.54 Å². The Bertz CT molecular complexity index is 505. The van der Waals surface area contributed by atoms with Crippen molar-refractivity contribution in [1.82, 2.24) is 4.72 Å². The Kier molecular flexibility index (Phi) is 5.19. The third-order valence-corrected chi connectivity index (χ3v) is 4.23. The van der Waals surface area contributed by atoms with E-state index >= 15 is 0 Å². The van der Waals surface area contributed by atoms with Crippen LogP contribution >= 0.6 is 23.2 Å². The molecule has 0 fully saturated rings. The first-order valence-corrected chi connectivity index (χ1v) is 7.35. The van der Waals surface area contributed by atoms with Crippen LogP contribution in [-0.4, -0.2) is 15.0 Å². The van der Waals surface area contributed by atoms with Crippen molar-refractivity contribution in [2.24, 2.45) is 0 Å². The Morgan fingerprint density at radius 2 is 2.06 bits per heavy atom. The molecule has 0 aliphatic rings. The van der Waals surface area contributed by atoms with Crippen molar-refractivity contribution in [3.63, 3.8) is 0 Å². The maximum Gasteiger partial charge on any atom is 0.240 e. The van der Waals surface area contributed by atoms with E-state index in [-0.39, 0.29) is 21.4 Å². The summed E-state index contributed by atoms with van der Waals surface area (Å²) in [6, 6.07) is 2.16. The van der Waals surface area contributed by atoms with Gasteiger partial charge in [0.25, 0.3) is 0 Å². The van der Waals surface area contributed by atoms with Crippen LogP contribution in [0.5, 0.6) is 0 Å². The summed E-state index contributed by atoms with van der Waals surface area (Å²) in [4.78, 5) is -0.163. The highest BCUT2D eigenvalue weighted by Gasteiger charge is 2.17. The second-order valence-corrected chi connectivity index (χ2v) is 5.82. The Hall–Kier alpha value is -0.360. The summed E-state index contributed by atoms with van der Waals surface area (Å²) < 4.78 is 39.3. The van der Waals surface area contributed by atoms with Gasteiger partial charge in [0.05, 0.1) is 9.92 Å². The van der Waals surface area contributed by atoms with Crippen molar-refractivity contribution in [3.05, 3.63) is 28.5 Å². The van der Waals surface area contributed by atoms with Gasteiger partial charge in [-0.25, -0.2) is 17.5 Å². The van der Waals surface area contributed by atoms with Gasteiger partial charge in [-0.15, -0.1) is 11.6 Å². The zero-order valence-electron chi connectivity index (χ0n) is 9.13. The van der Waals surface area contributed by atoms with E-state index in [2.05, 4.69) is 4.72 Å². The average molecular weight is 300 g/mol. The summed E-state index contributed by atoms with van der Waals surface area (Å²) in [6.45, 7) is 2.12. The number of hydrogen-bond donors (Lipinski definition) is 1. The highest BCUT2D eigenvalue weighted by atomic mass is 35.5. The molecule has 1 aromatic rings. The van der Waals surface area contributed by atoms with Crippen molar-refractivity contribution in [1.29, 1.82) is 0 Å². The lowest BCUT2D eigenvalue weighted by Gasteiger charge is -2.08. The summed E-state index contributed by atoms with van der Waals surface area (Å²) in [5.74, 6) is -0.839. The molecular formula is C10H12Cl2FNO2S. The average Bonchev–Trinajstić information content (AvgIpc) is 2.29. The van der Waals surface area contributed by atoms with Gasteiger partial charge in [-0.05, 0) is 24.1 Å². The smallest absolute Gasteiger partial charge is 0.211 e. The summed E-state index contributed by atoms with van der Waals surface area (Å²) in [7, 11) is -3.70. The normalized spacial score (nSPS) is 11.8. The van der Waals surface area contributed by atoms with E-state index in [4.69, 9.17) is 23.2 Å². The van der Waals surface area contributed by atoms with Crippen LogP contribution in [0.4, 0.5) is 4.39 Å². The third kappa shape index (κ3) is 3.55. The van der Waals surface area contributed by atoms with Gasteiger partial charge in [0.2, 0.25) is 10.0 Å². The molecule has 1 rings (SSSR count). The molecule has 7 heteroatoms. The van der Waals surface area contributed by atoms with E-state index in [9.17, 15) is 12.8 Å². The Balaban J connectivity index is 3.19. The highest BCUT2D eigenvalue weighted by molar-refractivity contribution is 7.89. The van der Waals surface area contributed by atoms with Crippen LogP contribution in [-0.2, 0) is 15.9 Å². The molecule has 1 N–H and O–H groups in total. The van der Waals surface area contributed by atoms with Crippen LogP contribution in [0.2, 0.25) is 5.02 Å².